The van der Waals surface area contributed by atoms with Crippen LogP contribution in [0.5, 0.6) is 0 Å². The number of rotatable bonds is 3. The summed E-state index contributed by atoms with van der Waals surface area (Å²) in [5.41, 5.74) is 0.414. The van der Waals surface area contributed by atoms with Crippen molar-refractivity contribution in [3.63, 3.8) is 0 Å². The zero-order valence-electron chi connectivity index (χ0n) is 12.6. The number of carbonyl (C=O) groups excluding carboxylic acids is 1. The number of fused-ring (bicyclic) bond motifs is 1. The molecule has 1 aliphatic carbocycles. The molecular formula is C16H18ClN3O2. The lowest BCUT2D eigenvalue weighted by molar-refractivity contribution is -0.128. The predicted octanol–water partition coefficient (Wildman–Crippen LogP) is 2.56. The summed E-state index contributed by atoms with van der Waals surface area (Å²) in [6.45, 7) is 1.84. The molecule has 22 heavy (non-hydrogen) atoms. The molecule has 1 aromatic heterocycles. The van der Waals surface area contributed by atoms with E-state index in [1.807, 2.05) is 6.92 Å². The van der Waals surface area contributed by atoms with Crippen molar-refractivity contribution in [1.82, 2.24) is 14.9 Å². The van der Waals surface area contributed by atoms with Crippen molar-refractivity contribution in [2.75, 3.05) is 0 Å². The third-order valence-electron chi connectivity index (χ3n) is 4.30. The van der Waals surface area contributed by atoms with Crippen LogP contribution in [0.3, 0.4) is 0 Å². The van der Waals surface area contributed by atoms with Crippen LogP contribution in [0, 0.1) is 5.92 Å². The van der Waals surface area contributed by atoms with E-state index in [1.54, 1.807) is 25.2 Å². The second kappa shape index (κ2) is 5.72. The molecule has 0 spiro atoms. The van der Waals surface area contributed by atoms with Crippen molar-refractivity contribution < 1.29 is 4.79 Å². The largest absolute Gasteiger partial charge is 0.346 e. The van der Waals surface area contributed by atoms with E-state index in [4.69, 9.17) is 11.6 Å². The van der Waals surface area contributed by atoms with Crippen molar-refractivity contribution in [2.45, 2.75) is 32.2 Å². The van der Waals surface area contributed by atoms with Gasteiger partial charge in [-0.15, -0.1) is 0 Å². The van der Waals surface area contributed by atoms with Gasteiger partial charge in [0.25, 0.3) is 5.56 Å². The van der Waals surface area contributed by atoms with E-state index in [-0.39, 0.29) is 23.4 Å². The summed E-state index contributed by atoms with van der Waals surface area (Å²) in [5, 5.41) is 4.01. The number of amides is 1. The Balaban J connectivity index is 1.96. The fourth-order valence-corrected chi connectivity index (χ4v) is 2.88. The van der Waals surface area contributed by atoms with Crippen molar-refractivity contribution in [3.05, 3.63) is 39.4 Å². The average molecular weight is 320 g/mol. The van der Waals surface area contributed by atoms with Gasteiger partial charge in [-0.05, 0) is 38.0 Å². The summed E-state index contributed by atoms with van der Waals surface area (Å²) in [6.07, 6.45) is 2.99. The number of nitrogens with zero attached hydrogens (tertiary/aromatic N) is 2. The summed E-state index contributed by atoms with van der Waals surface area (Å²) >= 11 is 5.98. The van der Waals surface area contributed by atoms with Gasteiger partial charge in [0.1, 0.15) is 5.82 Å². The molecule has 1 aliphatic rings. The van der Waals surface area contributed by atoms with Crippen LogP contribution in [0.25, 0.3) is 10.9 Å². The number of carbonyl (C=O) groups is 1. The average Bonchev–Trinajstić information content (AvgIpc) is 2.40. The number of nitrogens with one attached hydrogen (secondary N) is 1. The van der Waals surface area contributed by atoms with Crippen molar-refractivity contribution in [2.24, 2.45) is 13.0 Å². The topological polar surface area (TPSA) is 64.0 Å². The van der Waals surface area contributed by atoms with Gasteiger partial charge in [-0.1, -0.05) is 18.0 Å². The molecule has 3 rings (SSSR count). The van der Waals surface area contributed by atoms with Crippen molar-refractivity contribution in [1.29, 1.82) is 0 Å². The SMILES string of the molecule is CC(NC(=O)C1CCC1)c1nc2cc(Cl)ccc2c(=O)n1C. The summed E-state index contributed by atoms with van der Waals surface area (Å²) in [6, 6.07) is 4.69. The maximum Gasteiger partial charge on any atom is 0.261 e. The van der Waals surface area contributed by atoms with Crippen LogP contribution in [-0.2, 0) is 11.8 Å². The van der Waals surface area contributed by atoms with E-state index < -0.39 is 0 Å². The van der Waals surface area contributed by atoms with Crippen LogP contribution < -0.4 is 10.9 Å². The van der Waals surface area contributed by atoms with Gasteiger partial charge >= 0.3 is 0 Å². The molecule has 2 aromatic rings. The first-order chi connectivity index (χ1) is 10.5. The van der Waals surface area contributed by atoms with Gasteiger partial charge in [0, 0.05) is 18.0 Å². The summed E-state index contributed by atoms with van der Waals surface area (Å²) in [5.74, 6) is 0.681. The number of benzene rings is 1. The molecule has 1 aromatic carbocycles. The van der Waals surface area contributed by atoms with E-state index >= 15 is 0 Å². The molecule has 5 nitrogen and oxygen atoms in total. The summed E-state index contributed by atoms with van der Waals surface area (Å²) in [7, 11) is 1.67. The molecule has 1 atom stereocenters. The lowest BCUT2D eigenvalue weighted by atomic mass is 9.84. The third kappa shape index (κ3) is 2.61. The normalized spacial score (nSPS) is 16.3. The fourth-order valence-electron chi connectivity index (χ4n) is 2.71. The molecule has 116 valence electrons. The number of aromatic nitrogens is 2. The third-order valence-corrected chi connectivity index (χ3v) is 4.53. The van der Waals surface area contributed by atoms with Crippen LogP contribution in [0.4, 0.5) is 0 Å². The predicted molar refractivity (Wildman–Crippen MR) is 85.9 cm³/mol. The summed E-state index contributed by atoms with van der Waals surface area (Å²) in [4.78, 5) is 29.0. The maximum absolute atomic E-state index is 12.4. The lowest BCUT2D eigenvalue weighted by Crippen LogP contribution is -2.38. The second-order valence-corrected chi connectivity index (χ2v) is 6.29. The van der Waals surface area contributed by atoms with Gasteiger partial charge < -0.3 is 5.32 Å². The van der Waals surface area contributed by atoms with Crippen LogP contribution >= 0.6 is 11.6 Å². The molecule has 6 heteroatoms. The lowest BCUT2D eigenvalue weighted by Gasteiger charge is -2.26. The van der Waals surface area contributed by atoms with Gasteiger partial charge in [0.05, 0.1) is 16.9 Å². The molecule has 0 radical (unpaired) electrons. The molecule has 0 aliphatic heterocycles. The second-order valence-electron chi connectivity index (χ2n) is 5.85. The number of halogens is 1. The molecule has 1 fully saturated rings. The maximum atomic E-state index is 12.4. The van der Waals surface area contributed by atoms with Crippen LogP contribution in [0.15, 0.2) is 23.0 Å². The Kier molecular flexibility index (Phi) is 3.91. The molecule has 0 saturated heterocycles. The molecule has 1 N–H and O–H groups in total. The highest BCUT2D eigenvalue weighted by molar-refractivity contribution is 6.31. The standard InChI is InChI=1S/C16H18ClN3O2/c1-9(18-15(21)10-4-3-5-10)14-19-13-8-11(17)6-7-12(13)16(22)20(14)2/h6-10H,3-5H2,1-2H3,(H,18,21). The first kappa shape index (κ1) is 15.0. The van der Waals surface area contributed by atoms with Crippen LogP contribution in [0.1, 0.15) is 38.1 Å². The van der Waals surface area contributed by atoms with Crippen LogP contribution in [-0.4, -0.2) is 15.5 Å². The molecule has 1 unspecified atom stereocenters. The molecule has 1 amide bonds. The van der Waals surface area contributed by atoms with Gasteiger partial charge in [0.15, 0.2) is 0 Å². The minimum atomic E-state index is -0.325. The minimum Gasteiger partial charge on any atom is -0.346 e. The van der Waals surface area contributed by atoms with Gasteiger partial charge in [0.2, 0.25) is 5.91 Å². The first-order valence-corrected chi connectivity index (χ1v) is 7.81. The Morgan fingerprint density at radius 3 is 2.82 bits per heavy atom. The zero-order chi connectivity index (χ0) is 15.9. The van der Waals surface area contributed by atoms with Crippen LogP contribution in [0.2, 0.25) is 5.02 Å². The number of hydrogen-bond acceptors (Lipinski definition) is 3. The quantitative estimate of drug-likeness (QED) is 0.945. The van der Waals surface area contributed by atoms with Gasteiger partial charge in [-0.25, -0.2) is 4.98 Å². The summed E-state index contributed by atoms with van der Waals surface area (Å²) < 4.78 is 1.49. The Morgan fingerprint density at radius 1 is 1.45 bits per heavy atom. The van der Waals surface area contributed by atoms with E-state index in [0.717, 1.165) is 19.3 Å². The van der Waals surface area contributed by atoms with Gasteiger partial charge in [-0.2, -0.15) is 0 Å². The Labute approximate surface area is 133 Å². The molecule has 1 heterocycles. The zero-order valence-corrected chi connectivity index (χ0v) is 13.4. The Bertz CT molecular complexity index is 796. The van der Waals surface area contributed by atoms with Gasteiger partial charge in [-0.3, -0.25) is 14.2 Å². The molecule has 0 bridgehead atoms. The van der Waals surface area contributed by atoms with E-state index in [2.05, 4.69) is 10.3 Å². The van der Waals surface area contributed by atoms with E-state index in [0.29, 0.717) is 21.7 Å². The monoisotopic (exact) mass is 319 g/mol. The van der Waals surface area contributed by atoms with E-state index in [1.165, 1.54) is 4.57 Å². The fraction of sp³-hybridized carbons (Fsp3) is 0.438. The minimum absolute atomic E-state index is 0.0409. The highest BCUT2D eigenvalue weighted by Crippen LogP contribution is 2.27. The van der Waals surface area contributed by atoms with Crippen molar-refractivity contribution in [3.8, 4) is 0 Å². The van der Waals surface area contributed by atoms with Crippen molar-refractivity contribution >= 4 is 28.4 Å². The highest BCUT2D eigenvalue weighted by atomic mass is 35.5. The molecular weight excluding hydrogens is 302 g/mol. The smallest absolute Gasteiger partial charge is 0.261 e. The Hall–Kier alpha value is -1.88. The number of hydrogen-bond donors (Lipinski definition) is 1. The van der Waals surface area contributed by atoms with E-state index in [9.17, 15) is 9.59 Å². The first-order valence-electron chi connectivity index (χ1n) is 7.44. The molecule has 1 saturated carbocycles. The Morgan fingerprint density at radius 2 is 2.18 bits per heavy atom. The highest BCUT2D eigenvalue weighted by Gasteiger charge is 2.27.